The van der Waals surface area contributed by atoms with Crippen LogP contribution in [0.5, 0.6) is 5.75 Å². The molecule has 0 radical (unpaired) electrons. The lowest BCUT2D eigenvalue weighted by molar-refractivity contribution is 0.0566. The van der Waals surface area contributed by atoms with Crippen LogP contribution in [0.1, 0.15) is 19.4 Å². The SMILES string of the molecule is COc1cccc(F)c1-c1nc(Nc2cc(N3CCC[C@H](N)C3)c(-c3cnn(C(F)F)c3)cn2)ccc1S(C)(=O)=O.Cl. The maximum atomic E-state index is 15.0. The minimum Gasteiger partial charge on any atom is -0.496 e. The predicted molar refractivity (Wildman–Crippen MR) is 156 cm³/mol. The molecular formula is C27H29ClF3N7O3S. The second kappa shape index (κ2) is 12.5. The molecule has 5 rings (SSSR count). The van der Waals surface area contributed by atoms with Crippen LogP contribution in [0.4, 0.5) is 30.5 Å². The monoisotopic (exact) mass is 623 g/mol. The van der Waals surface area contributed by atoms with Crippen molar-refractivity contribution >= 4 is 39.6 Å². The summed E-state index contributed by atoms with van der Waals surface area (Å²) in [5, 5.41) is 6.81. The first-order valence-corrected chi connectivity index (χ1v) is 14.6. The smallest absolute Gasteiger partial charge is 0.333 e. The summed E-state index contributed by atoms with van der Waals surface area (Å²) in [4.78, 5) is 10.8. The van der Waals surface area contributed by atoms with Gasteiger partial charge in [0.2, 0.25) is 0 Å². The topological polar surface area (TPSA) is 128 Å². The average Bonchev–Trinajstić information content (AvgIpc) is 3.43. The maximum Gasteiger partial charge on any atom is 0.333 e. The van der Waals surface area contributed by atoms with Crippen LogP contribution in [0.2, 0.25) is 0 Å². The minimum absolute atomic E-state index is 0. The highest BCUT2D eigenvalue weighted by atomic mass is 35.5. The van der Waals surface area contributed by atoms with E-state index in [9.17, 15) is 21.6 Å². The summed E-state index contributed by atoms with van der Waals surface area (Å²) >= 11 is 0. The number of benzene rings is 1. The maximum absolute atomic E-state index is 15.0. The number of hydrogen-bond acceptors (Lipinski definition) is 9. The Morgan fingerprint density at radius 3 is 2.62 bits per heavy atom. The Hall–Kier alpha value is -3.88. The number of anilines is 3. The fourth-order valence-corrected chi connectivity index (χ4v) is 5.65. The number of sulfone groups is 1. The van der Waals surface area contributed by atoms with Crippen molar-refractivity contribution in [2.75, 3.05) is 36.7 Å². The zero-order valence-electron chi connectivity index (χ0n) is 22.7. The summed E-state index contributed by atoms with van der Waals surface area (Å²) < 4.78 is 72.4. The molecule has 42 heavy (non-hydrogen) atoms. The van der Waals surface area contributed by atoms with Gasteiger partial charge in [0.05, 0.1) is 29.5 Å². The highest BCUT2D eigenvalue weighted by molar-refractivity contribution is 7.90. The van der Waals surface area contributed by atoms with Crippen molar-refractivity contribution in [3.05, 3.63) is 60.8 Å². The fraction of sp³-hybridized carbons (Fsp3) is 0.296. The lowest BCUT2D eigenvalue weighted by atomic mass is 10.0. The molecule has 0 amide bonds. The molecule has 4 heterocycles. The van der Waals surface area contributed by atoms with E-state index in [1.165, 1.54) is 56.0 Å². The summed E-state index contributed by atoms with van der Waals surface area (Å²) in [5.41, 5.74) is 7.77. The standard InChI is InChI=1S/C27H28F3N7O3S.ClH/c1-40-21-7-3-6-19(28)25(21)26-22(41(2,38)39)8-9-23(35-26)34-24-11-20(36-10-4-5-17(31)15-36)18(13-32-24)16-12-33-37(14-16)27(29)30;/h3,6-9,11-14,17,27H,4-5,10,15,31H2,1-2H3,(H,32,34,35);1H/t17-;/m0./s1. The molecule has 0 bridgehead atoms. The van der Waals surface area contributed by atoms with Crippen molar-refractivity contribution in [2.24, 2.45) is 5.73 Å². The average molecular weight is 624 g/mol. The number of halogens is 4. The van der Waals surface area contributed by atoms with Crippen molar-refractivity contribution in [3.8, 4) is 28.1 Å². The highest BCUT2D eigenvalue weighted by Crippen LogP contribution is 2.38. The van der Waals surface area contributed by atoms with Crippen LogP contribution in [0.25, 0.3) is 22.4 Å². The third-order valence-corrected chi connectivity index (χ3v) is 7.87. The molecular weight excluding hydrogens is 595 g/mol. The second-order valence-corrected chi connectivity index (χ2v) is 11.7. The fourth-order valence-electron chi connectivity index (χ4n) is 4.84. The van der Waals surface area contributed by atoms with Gasteiger partial charge in [0.1, 0.15) is 23.2 Å². The number of piperidine rings is 1. The molecule has 0 unspecified atom stereocenters. The number of alkyl halides is 2. The summed E-state index contributed by atoms with van der Waals surface area (Å²) in [6, 6.07) is 8.62. The van der Waals surface area contributed by atoms with E-state index < -0.39 is 22.2 Å². The summed E-state index contributed by atoms with van der Waals surface area (Å²) in [6.45, 7) is -1.53. The van der Waals surface area contributed by atoms with E-state index in [2.05, 4.69) is 25.3 Å². The normalized spacial score (nSPS) is 15.4. The molecule has 10 nitrogen and oxygen atoms in total. The number of nitrogens with zero attached hydrogens (tertiary/aromatic N) is 5. The molecule has 1 fully saturated rings. The van der Waals surface area contributed by atoms with Crippen LogP contribution >= 0.6 is 12.4 Å². The van der Waals surface area contributed by atoms with Crippen LogP contribution in [0.3, 0.4) is 0 Å². The van der Waals surface area contributed by atoms with E-state index in [0.29, 0.717) is 40.4 Å². The van der Waals surface area contributed by atoms with Gasteiger partial charge in [-0.25, -0.2) is 27.5 Å². The summed E-state index contributed by atoms with van der Waals surface area (Å²) in [7, 11) is -2.44. The molecule has 224 valence electrons. The first kappa shape index (κ1) is 31.1. The van der Waals surface area contributed by atoms with Gasteiger partial charge < -0.3 is 20.7 Å². The van der Waals surface area contributed by atoms with E-state index in [1.54, 1.807) is 6.07 Å². The number of nitrogens with one attached hydrogen (secondary N) is 1. The van der Waals surface area contributed by atoms with Gasteiger partial charge in [0, 0.05) is 60.7 Å². The Kier molecular flexibility index (Phi) is 9.28. The van der Waals surface area contributed by atoms with Gasteiger partial charge in [-0.3, -0.25) is 0 Å². The lowest BCUT2D eigenvalue weighted by Crippen LogP contribution is -2.43. The first-order valence-electron chi connectivity index (χ1n) is 12.7. The number of nitrogens with two attached hydrogens (primary N) is 1. The molecule has 0 saturated carbocycles. The molecule has 4 aromatic rings. The van der Waals surface area contributed by atoms with Crippen molar-refractivity contribution in [3.63, 3.8) is 0 Å². The van der Waals surface area contributed by atoms with Gasteiger partial charge >= 0.3 is 6.55 Å². The van der Waals surface area contributed by atoms with Gasteiger partial charge in [-0.05, 0) is 37.1 Å². The molecule has 1 aliphatic heterocycles. The zero-order chi connectivity index (χ0) is 29.3. The largest absolute Gasteiger partial charge is 0.496 e. The minimum atomic E-state index is -3.79. The van der Waals surface area contributed by atoms with Crippen LogP contribution in [0, 0.1) is 5.82 Å². The summed E-state index contributed by atoms with van der Waals surface area (Å²) in [6.07, 6.45) is 6.87. The molecule has 3 N–H and O–H groups in total. The number of hydrogen-bond donors (Lipinski definition) is 2. The zero-order valence-corrected chi connectivity index (χ0v) is 24.3. The van der Waals surface area contributed by atoms with Crippen molar-refractivity contribution < 1.29 is 26.3 Å². The highest BCUT2D eigenvalue weighted by Gasteiger charge is 2.24. The quantitative estimate of drug-likeness (QED) is 0.277. The number of rotatable bonds is 8. The number of aromatic nitrogens is 4. The van der Waals surface area contributed by atoms with Gasteiger partial charge in [-0.1, -0.05) is 6.07 Å². The van der Waals surface area contributed by atoms with Crippen LogP contribution in [0.15, 0.2) is 59.9 Å². The van der Waals surface area contributed by atoms with Crippen molar-refractivity contribution in [1.82, 2.24) is 19.7 Å². The van der Waals surface area contributed by atoms with E-state index in [4.69, 9.17) is 10.5 Å². The third kappa shape index (κ3) is 6.45. The van der Waals surface area contributed by atoms with Gasteiger partial charge in [-0.2, -0.15) is 13.9 Å². The molecule has 1 aliphatic rings. The van der Waals surface area contributed by atoms with Gasteiger partial charge in [-0.15, -0.1) is 12.4 Å². The Morgan fingerprint density at radius 1 is 1.17 bits per heavy atom. The Labute approximate surface area is 247 Å². The lowest BCUT2D eigenvalue weighted by Gasteiger charge is -2.34. The Morgan fingerprint density at radius 2 is 1.95 bits per heavy atom. The summed E-state index contributed by atoms with van der Waals surface area (Å²) in [5.74, 6) is -0.0375. The first-order chi connectivity index (χ1) is 19.5. The number of methoxy groups -OCH3 is 1. The molecule has 1 aromatic carbocycles. The predicted octanol–water partition coefficient (Wildman–Crippen LogP) is 5.05. The molecule has 3 aromatic heterocycles. The van der Waals surface area contributed by atoms with Crippen LogP contribution in [-0.4, -0.2) is 60.7 Å². The molecule has 0 aliphatic carbocycles. The van der Waals surface area contributed by atoms with E-state index in [0.717, 1.165) is 19.1 Å². The molecule has 15 heteroatoms. The third-order valence-electron chi connectivity index (χ3n) is 6.74. The van der Waals surface area contributed by atoms with E-state index in [1.807, 2.05) is 0 Å². The Balaban J connectivity index is 0.00000405. The Bertz CT molecular complexity index is 1690. The van der Waals surface area contributed by atoms with Gasteiger partial charge in [0.15, 0.2) is 9.84 Å². The number of pyridine rings is 2. The van der Waals surface area contributed by atoms with E-state index in [-0.39, 0.29) is 46.2 Å². The second-order valence-electron chi connectivity index (χ2n) is 9.68. The number of ether oxygens (including phenoxy) is 1. The van der Waals surface area contributed by atoms with Crippen molar-refractivity contribution in [1.29, 1.82) is 0 Å². The van der Waals surface area contributed by atoms with Gasteiger partial charge in [0.25, 0.3) is 0 Å². The van der Waals surface area contributed by atoms with Crippen LogP contribution < -0.4 is 20.7 Å². The van der Waals surface area contributed by atoms with Crippen LogP contribution in [-0.2, 0) is 9.84 Å². The molecule has 0 spiro atoms. The van der Waals surface area contributed by atoms with Crippen molar-refractivity contribution in [2.45, 2.75) is 30.3 Å². The van der Waals surface area contributed by atoms with E-state index >= 15 is 0 Å². The molecule has 1 saturated heterocycles. The molecule has 1 atom stereocenters.